The number of phosphoric acid groups is 2. The largest absolute Gasteiger partial charge is 0.472 e. The fourth-order valence-electron chi connectivity index (χ4n) is 14.1. The minimum absolute atomic E-state index is 0.108. The first kappa shape index (κ1) is 107. The van der Waals surface area contributed by atoms with E-state index in [0.29, 0.717) is 25.7 Å². The van der Waals surface area contributed by atoms with Gasteiger partial charge in [-0.25, -0.2) is 9.13 Å². The van der Waals surface area contributed by atoms with Crippen molar-refractivity contribution in [2.45, 2.75) is 503 Å². The first-order valence-corrected chi connectivity index (χ1v) is 49.6. The number of ether oxygens (including phenoxy) is 4. The van der Waals surface area contributed by atoms with Crippen LogP contribution in [0, 0.1) is 11.8 Å². The van der Waals surface area contributed by atoms with Crippen molar-refractivity contribution >= 4 is 39.5 Å². The number of phosphoric ester groups is 2. The molecule has 109 heavy (non-hydrogen) atoms. The van der Waals surface area contributed by atoms with E-state index in [4.69, 9.17) is 37.0 Å². The second-order valence-electron chi connectivity index (χ2n) is 32.8. The average molecular weight is 1590 g/mol. The molecule has 0 aliphatic rings. The lowest BCUT2D eigenvalue weighted by Crippen LogP contribution is -2.30. The predicted molar refractivity (Wildman–Crippen MR) is 451 cm³/mol. The monoisotopic (exact) mass is 1590 g/mol. The van der Waals surface area contributed by atoms with E-state index in [1.54, 1.807) is 0 Å². The van der Waals surface area contributed by atoms with Crippen LogP contribution in [0.3, 0.4) is 0 Å². The SMILES string of the molecule is CCCCCCCCCCCCCCCCCCCCCCC(=O)O[C@H](COC(=O)CCCCCCC)COP(=O)(O)OC[C@H](O)COP(=O)(O)OC[C@@H](COC(=O)CCCCCCCCCCCCCCCCCCCCC(C)CC)OC(=O)CCCCCCCCCCCCCCCCCCCCC(C)CC. The van der Waals surface area contributed by atoms with Crippen molar-refractivity contribution in [3.8, 4) is 0 Å². The Morgan fingerprint density at radius 2 is 0.440 bits per heavy atom. The van der Waals surface area contributed by atoms with Crippen LogP contribution in [-0.2, 0) is 65.4 Å². The fraction of sp³-hybridized carbons (Fsp3) is 0.956. The molecule has 3 N–H and O–H groups in total. The van der Waals surface area contributed by atoms with Gasteiger partial charge >= 0.3 is 39.5 Å². The van der Waals surface area contributed by atoms with Gasteiger partial charge in [-0.2, -0.15) is 0 Å². The predicted octanol–water partition coefficient (Wildman–Crippen LogP) is 27.8. The lowest BCUT2D eigenvalue weighted by molar-refractivity contribution is -0.161. The van der Waals surface area contributed by atoms with E-state index in [9.17, 15) is 43.2 Å². The van der Waals surface area contributed by atoms with Gasteiger partial charge < -0.3 is 33.8 Å². The molecule has 0 fully saturated rings. The van der Waals surface area contributed by atoms with E-state index in [2.05, 4.69) is 41.5 Å². The minimum atomic E-state index is -4.97. The summed E-state index contributed by atoms with van der Waals surface area (Å²) in [6.07, 6.45) is 75.6. The molecule has 0 rings (SSSR count). The molecular formula is C90H176O17P2. The van der Waals surface area contributed by atoms with Crippen LogP contribution < -0.4 is 0 Å². The Bertz CT molecular complexity index is 2080. The second kappa shape index (κ2) is 81.2. The zero-order chi connectivity index (χ0) is 79.9. The molecule has 0 saturated heterocycles. The van der Waals surface area contributed by atoms with Crippen LogP contribution in [-0.4, -0.2) is 96.7 Å². The highest BCUT2D eigenvalue weighted by atomic mass is 31.2. The summed E-state index contributed by atoms with van der Waals surface area (Å²) in [6, 6.07) is 0. The van der Waals surface area contributed by atoms with Gasteiger partial charge in [0.15, 0.2) is 12.2 Å². The van der Waals surface area contributed by atoms with Gasteiger partial charge in [0.25, 0.3) is 0 Å². The summed E-state index contributed by atoms with van der Waals surface area (Å²) in [4.78, 5) is 73.0. The summed E-state index contributed by atoms with van der Waals surface area (Å²) in [6.45, 7) is 9.74. The van der Waals surface area contributed by atoms with Crippen molar-refractivity contribution < 1.29 is 80.2 Å². The molecule has 0 heterocycles. The normalized spacial score (nSPS) is 14.2. The first-order valence-electron chi connectivity index (χ1n) is 46.6. The summed E-state index contributed by atoms with van der Waals surface area (Å²) in [5.74, 6) is -0.366. The number of hydrogen-bond donors (Lipinski definition) is 3. The fourth-order valence-corrected chi connectivity index (χ4v) is 15.6. The van der Waals surface area contributed by atoms with E-state index in [0.717, 1.165) is 108 Å². The smallest absolute Gasteiger partial charge is 0.462 e. The van der Waals surface area contributed by atoms with E-state index < -0.39 is 97.5 Å². The van der Waals surface area contributed by atoms with Crippen molar-refractivity contribution in [3.05, 3.63) is 0 Å². The van der Waals surface area contributed by atoms with Crippen LogP contribution >= 0.6 is 15.6 Å². The summed E-state index contributed by atoms with van der Waals surface area (Å²) >= 11 is 0. The number of aliphatic hydroxyl groups excluding tert-OH is 1. The standard InChI is InChI=1S/C90H176O17P2/c1-7-11-13-15-16-17-18-19-20-21-22-23-31-36-41-46-51-56-62-68-74-89(94)106-85(78-100-87(92)72-66-58-14-12-8-2)80-104-108(96,97)102-76-84(91)77-103-109(98,99)105-81-86(107-90(95)75-69-63-57-52-47-42-37-32-27-25-29-34-39-44-49-54-60-65-71-83(6)10-4)79-101-88(93)73-67-61-55-50-45-40-35-30-26-24-28-33-38-43-48-53-59-64-70-82(5)9-3/h82-86,91H,7-81H2,1-6H3,(H,96,97)(H,98,99)/t82?,83?,84-,85+,86+/m0/s1. The number of carbonyl (C=O) groups excluding carboxylic acids is 4. The van der Waals surface area contributed by atoms with Gasteiger partial charge in [-0.15, -0.1) is 0 Å². The van der Waals surface area contributed by atoms with Gasteiger partial charge in [-0.05, 0) is 37.5 Å². The zero-order valence-electron chi connectivity index (χ0n) is 71.9. The third-order valence-electron chi connectivity index (χ3n) is 21.9. The molecule has 0 aliphatic carbocycles. The highest BCUT2D eigenvalue weighted by molar-refractivity contribution is 7.47. The Balaban J connectivity index is 5.08. The quantitative estimate of drug-likeness (QED) is 0.0222. The second-order valence-corrected chi connectivity index (χ2v) is 35.7. The Morgan fingerprint density at radius 3 is 0.651 bits per heavy atom. The maximum absolute atomic E-state index is 13.2. The molecule has 0 aliphatic heterocycles. The maximum Gasteiger partial charge on any atom is 0.472 e. The van der Waals surface area contributed by atoms with E-state index in [1.807, 2.05) is 0 Å². The lowest BCUT2D eigenvalue weighted by Gasteiger charge is -2.21. The van der Waals surface area contributed by atoms with Crippen molar-refractivity contribution in [3.63, 3.8) is 0 Å². The van der Waals surface area contributed by atoms with Crippen LogP contribution in [0.1, 0.15) is 485 Å². The van der Waals surface area contributed by atoms with Gasteiger partial charge in [0.05, 0.1) is 26.4 Å². The molecule has 0 aromatic carbocycles. The van der Waals surface area contributed by atoms with Gasteiger partial charge in [-0.3, -0.25) is 37.3 Å². The molecule has 17 nitrogen and oxygen atoms in total. The summed E-state index contributed by atoms with van der Waals surface area (Å²) in [5.41, 5.74) is 0. The Hall–Kier alpha value is -1.94. The highest BCUT2D eigenvalue weighted by Crippen LogP contribution is 2.45. The number of unbranched alkanes of at least 4 members (excludes halogenated alkanes) is 57. The molecule has 0 bridgehead atoms. The molecule has 4 unspecified atom stereocenters. The number of esters is 4. The zero-order valence-corrected chi connectivity index (χ0v) is 73.7. The topological polar surface area (TPSA) is 237 Å². The van der Waals surface area contributed by atoms with E-state index in [-0.39, 0.29) is 25.7 Å². The third-order valence-corrected chi connectivity index (χ3v) is 23.8. The van der Waals surface area contributed by atoms with E-state index >= 15 is 0 Å². The Kier molecular flexibility index (Phi) is 79.8. The van der Waals surface area contributed by atoms with Crippen LogP contribution in [0.2, 0.25) is 0 Å². The average Bonchev–Trinajstić information content (AvgIpc) is 0.900. The molecule has 0 aromatic heterocycles. The summed E-state index contributed by atoms with van der Waals surface area (Å²) in [5, 5.41) is 10.7. The molecule has 0 radical (unpaired) electrons. The summed E-state index contributed by atoms with van der Waals surface area (Å²) in [7, 11) is -9.92. The number of rotatable bonds is 89. The van der Waals surface area contributed by atoms with Crippen LogP contribution in [0.5, 0.6) is 0 Å². The molecule has 0 saturated carbocycles. The Morgan fingerprint density at radius 1 is 0.257 bits per heavy atom. The molecule has 0 spiro atoms. The van der Waals surface area contributed by atoms with Crippen LogP contribution in [0.25, 0.3) is 0 Å². The molecule has 0 amide bonds. The van der Waals surface area contributed by atoms with Gasteiger partial charge in [0.1, 0.15) is 19.3 Å². The first-order chi connectivity index (χ1) is 52.9. The van der Waals surface area contributed by atoms with Gasteiger partial charge in [0, 0.05) is 25.7 Å². The maximum atomic E-state index is 13.2. The minimum Gasteiger partial charge on any atom is -0.462 e. The highest BCUT2D eigenvalue weighted by Gasteiger charge is 2.31. The van der Waals surface area contributed by atoms with Gasteiger partial charge in [-0.1, -0.05) is 433 Å². The number of hydrogen-bond acceptors (Lipinski definition) is 15. The van der Waals surface area contributed by atoms with Crippen molar-refractivity contribution in [2.24, 2.45) is 11.8 Å². The number of aliphatic hydroxyl groups is 1. The van der Waals surface area contributed by atoms with Crippen LogP contribution in [0.4, 0.5) is 0 Å². The van der Waals surface area contributed by atoms with Crippen molar-refractivity contribution in [1.82, 2.24) is 0 Å². The van der Waals surface area contributed by atoms with E-state index in [1.165, 1.54) is 295 Å². The van der Waals surface area contributed by atoms with Gasteiger partial charge in [0.2, 0.25) is 0 Å². The third kappa shape index (κ3) is 81.0. The molecule has 648 valence electrons. The molecule has 19 heteroatoms. The molecule has 7 atom stereocenters. The van der Waals surface area contributed by atoms with Crippen molar-refractivity contribution in [1.29, 1.82) is 0 Å². The molecular weight excluding hydrogens is 1410 g/mol. The Labute approximate surface area is 670 Å². The van der Waals surface area contributed by atoms with Crippen molar-refractivity contribution in [2.75, 3.05) is 39.6 Å². The number of carbonyl (C=O) groups is 4. The molecule has 0 aromatic rings. The van der Waals surface area contributed by atoms with Crippen LogP contribution in [0.15, 0.2) is 0 Å². The lowest BCUT2D eigenvalue weighted by atomic mass is 9.99. The summed E-state index contributed by atoms with van der Waals surface area (Å²) < 4.78 is 68.7.